The summed E-state index contributed by atoms with van der Waals surface area (Å²) >= 11 is 1.48. The van der Waals surface area contributed by atoms with Gasteiger partial charge in [-0.25, -0.2) is 4.39 Å². The second-order valence-corrected chi connectivity index (χ2v) is 7.86. The highest BCUT2D eigenvalue weighted by atomic mass is 32.2. The van der Waals surface area contributed by atoms with Gasteiger partial charge < -0.3 is 4.42 Å². The van der Waals surface area contributed by atoms with Gasteiger partial charge in [0.25, 0.3) is 5.89 Å². The molecule has 1 aliphatic carbocycles. The summed E-state index contributed by atoms with van der Waals surface area (Å²) in [6, 6.07) is 9.08. The molecule has 9 heteroatoms. The maximum absolute atomic E-state index is 14.1. The Balaban J connectivity index is 1.37. The quantitative estimate of drug-likeness (QED) is 0.436. The number of hydrogen-bond donors (Lipinski definition) is 0. The van der Waals surface area contributed by atoms with Crippen LogP contribution in [-0.2, 0) is 5.75 Å². The second-order valence-electron chi connectivity index (χ2n) is 6.92. The molecule has 0 aliphatic heterocycles. The minimum absolute atomic E-state index is 0.183. The summed E-state index contributed by atoms with van der Waals surface area (Å²) in [4.78, 5) is 4.07. The molecule has 0 unspecified atom stereocenters. The Morgan fingerprint density at radius 3 is 2.72 bits per heavy atom. The molecule has 5 rings (SSSR count). The van der Waals surface area contributed by atoms with Crippen molar-refractivity contribution in [2.75, 3.05) is 0 Å². The van der Waals surface area contributed by atoms with Gasteiger partial charge in [-0.05, 0) is 44.0 Å². The third kappa shape index (κ3) is 3.65. The fraction of sp³-hybridized carbons (Fsp3) is 0.250. The Labute approximate surface area is 170 Å². The van der Waals surface area contributed by atoms with Crippen molar-refractivity contribution in [1.29, 1.82) is 0 Å². The van der Waals surface area contributed by atoms with Gasteiger partial charge in [0.15, 0.2) is 11.0 Å². The van der Waals surface area contributed by atoms with E-state index in [4.69, 9.17) is 4.42 Å². The summed E-state index contributed by atoms with van der Waals surface area (Å²) in [6.45, 7) is 1.89. The van der Waals surface area contributed by atoms with Crippen molar-refractivity contribution < 1.29 is 8.81 Å². The molecular weight excluding hydrogens is 391 g/mol. The largest absolute Gasteiger partial charge is 0.420 e. The number of halogens is 1. The van der Waals surface area contributed by atoms with Crippen LogP contribution in [0.25, 0.3) is 22.8 Å². The summed E-state index contributed by atoms with van der Waals surface area (Å²) in [5.41, 5.74) is 2.23. The highest BCUT2D eigenvalue weighted by Crippen LogP contribution is 2.41. The van der Waals surface area contributed by atoms with Gasteiger partial charge in [0.1, 0.15) is 5.82 Å². The van der Waals surface area contributed by atoms with Crippen LogP contribution >= 0.6 is 11.8 Å². The van der Waals surface area contributed by atoms with Crippen molar-refractivity contribution >= 4 is 11.8 Å². The normalized spacial score (nSPS) is 13.7. The highest BCUT2D eigenvalue weighted by molar-refractivity contribution is 7.98. The Kier molecular flexibility index (Phi) is 4.59. The van der Waals surface area contributed by atoms with E-state index in [1.807, 2.05) is 19.1 Å². The van der Waals surface area contributed by atoms with Gasteiger partial charge in [-0.1, -0.05) is 23.4 Å². The summed E-state index contributed by atoms with van der Waals surface area (Å²) in [5, 5.41) is 17.6. The molecule has 7 nitrogen and oxygen atoms in total. The summed E-state index contributed by atoms with van der Waals surface area (Å²) in [7, 11) is 0. The molecule has 1 aromatic carbocycles. The van der Waals surface area contributed by atoms with Crippen LogP contribution < -0.4 is 0 Å². The fourth-order valence-corrected chi connectivity index (χ4v) is 3.93. The van der Waals surface area contributed by atoms with E-state index in [2.05, 4.69) is 29.9 Å². The standard InChI is InChI=1S/C20H17FN6OS/c1-12-2-5-16(21)15(10-12)19-25-23-17(28-19)11-29-20-26-24-18(27(20)14-3-4-14)13-6-8-22-9-7-13/h2,5-10,14H,3-4,11H2,1H3. The minimum Gasteiger partial charge on any atom is -0.420 e. The molecule has 29 heavy (non-hydrogen) atoms. The Hall–Kier alpha value is -3.07. The van der Waals surface area contributed by atoms with Crippen LogP contribution in [0.5, 0.6) is 0 Å². The van der Waals surface area contributed by atoms with Gasteiger partial charge in [-0.2, -0.15) is 0 Å². The molecule has 0 N–H and O–H groups in total. The van der Waals surface area contributed by atoms with Crippen LogP contribution in [0, 0.1) is 12.7 Å². The number of benzene rings is 1. The molecule has 3 aromatic heterocycles. The van der Waals surface area contributed by atoms with Gasteiger partial charge in [-0.15, -0.1) is 20.4 Å². The Morgan fingerprint density at radius 1 is 1.10 bits per heavy atom. The lowest BCUT2D eigenvalue weighted by Gasteiger charge is -2.07. The van der Waals surface area contributed by atoms with E-state index in [-0.39, 0.29) is 11.7 Å². The number of nitrogens with zero attached hydrogens (tertiary/aromatic N) is 6. The van der Waals surface area contributed by atoms with Crippen molar-refractivity contribution in [3.8, 4) is 22.8 Å². The predicted octanol–water partition coefficient (Wildman–Crippen LogP) is 4.46. The topological polar surface area (TPSA) is 82.5 Å². The van der Waals surface area contributed by atoms with Crippen LogP contribution in [0.3, 0.4) is 0 Å². The maximum Gasteiger partial charge on any atom is 0.250 e. The number of aromatic nitrogens is 6. The molecular formula is C20H17FN6OS. The van der Waals surface area contributed by atoms with Crippen LogP contribution in [-0.4, -0.2) is 29.9 Å². The molecule has 0 spiro atoms. The second kappa shape index (κ2) is 7.40. The summed E-state index contributed by atoms with van der Waals surface area (Å²) in [5.74, 6) is 1.49. The van der Waals surface area contributed by atoms with E-state index in [1.165, 1.54) is 17.8 Å². The Morgan fingerprint density at radius 2 is 1.93 bits per heavy atom. The molecule has 146 valence electrons. The molecule has 0 radical (unpaired) electrons. The third-order valence-corrected chi connectivity index (χ3v) is 5.59. The molecule has 0 amide bonds. The van der Waals surface area contributed by atoms with E-state index in [1.54, 1.807) is 24.5 Å². The predicted molar refractivity (Wildman–Crippen MR) is 106 cm³/mol. The first-order chi connectivity index (χ1) is 14.2. The first-order valence-electron chi connectivity index (χ1n) is 9.26. The van der Waals surface area contributed by atoms with Gasteiger partial charge in [0.2, 0.25) is 5.89 Å². The SMILES string of the molecule is Cc1ccc(F)c(-c2nnc(CSc3nnc(-c4ccncc4)n3C3CC3)o2)c1. The van der Waals surface area contributed by atoms with Crippen LogP contribution in [0.4, 0.5) is 4.39 Å². The van der Waals surface area contributed by atoms with Gasteiger partial charge in [0, 0.05) is 24.0 Å². The summed E-state index contributed by atoms with van der Waals surface area (Å²) < 4.78 is 21.9. The van der Waals surface area contributed by atoms with E-state index in [9.17, 15) is 4.39 Å². The zero-order chi connectivity index (χ0) is 19.8. The molecule has 1 fully saturated rings. The van der Waals surface area contributed by atoms with E-state index < -0.39 is 0 Å². The number of hydrogen-bond acceptors (Lipinski definition) is 7. The van der Waals surface area contributed by atoms with Gasteiger partial charge in [0.05, 0.1) is 11.3 Å². The zero-order valence-electron chi connectivity index (χ0n) is 15.6. The first-order valence-corrected chi connectivity index (χ1v) is 10.2. The molecule has 1 aliphatic rings. The first kappa shape index (κ1) is 18.0. The van der Waals surface area contributed by atoms with Crippen LogP contribution in [0.2, 0.25) is 0 Å². The maximum atomic E-state index is 14.1. The lowest BCUT2D eigenvalue weighted by molar-refractivity contribution is 0.522. The monoisotopic (exact) mass is 408 g/mol. The van der Waals surface area contributed by atoms with E-state index in [0.29, 0.717) is 23.2 Å². The molecule has 1 saturated carbocycles. The molecule has 0 atom stereocenters. The smallest absolute Gasteiger partial charge is 0.250 e. The lowest BCUT2D eigenvalue weighted by atomic mass is 10.1. The van der Waals surface area contributed by atoms with Crippen LogP contribution in [0.15, 0.2) is 52.3 Å². The molecule has 0 bridgehead atoms. The zero-order valence-corrected chi connectivity index (χ0v) is 16.4. The van der Waals surface area contributed by atoms with Crippen molar-refractivity contribution in [3.05, 3.63) is 60.0 Å². The number of rotatable bonds is 6. The van der Waals surface area contributed by atoms with Gasteiger partial charge >= 0.3 is 0 Å². The van der Waals surface area contributed by atoms with Crippen molar-refractivity contribution in [1.82, 2.24) is 29.9 Å². The third-order valence-electron chi connectivity index (χ3n) is 4.66. The minimum atomic E-state index is -0.381. The summed E-state index contributed by atoms with van der Waals surface area (Å²) in [6.07, 6.45) is 5.72. The van der Waals surface area contributed by atoms with Gasteiger partial charge in [-0.3, -0.25) is 9.55 Å². The number of pyridine rings is 1. The Bertz CT molecular complexity index is 1160. The van der Waals surface area contributed by atoms with Crippen LogP contribution in [0.1, 0.15) is 30.3 Å². The molecule has 0 saturated heterocycles. The number of thioether (sulfide) groups is 1. The highest BCUT2D eigenvalue weighted by Gasteiger charge is 2.30. The number of aryl methyl sites for hydroxylation is 1. The lowest BCUT2D eigenvalue weighted by Crippen LogP contribution is -2.00. The van der Waals surface area contributed by atoms with Crippen molar-refractivity contribution in [3.63, 3.8) is 0 Å². The average molecular weight is 408 g/mol. The van der Waals surface area contributed by atoms with E-state index >= 15 is 0 Å². The fourth-order valence-electron chi connectivity index (χ4n) is 3.09. The van der Waals surface area contributed by atoms with E-state index in [0.717, 1.165) is 34.9 Å². The van der Waals surface area contributed by atoms with Crippen molar-refractivity contribution in [2.45, 2.75) is 36.7 Å². The average Bonchev–Trinajstić information content (AvgIpc) is 3.31. The molecule has 4 aromatic rings. The molecule has 3 heterocycles. The van der Waals surface area contributed by atoms with Crippen molar-refractivity contribution in [2.24, 2.45) is 0 Å².